The molecule has 6 heteroatoms. The Balaban J connectivity index is 2.60. The smallest absolute Gasteiger partial charge is 0.144 e. The highest BCUT2D eigenvalue weighted by molar-refractivity contribution is 5.36. The first-order valence-electron chi connectivity index (χ1n) is 4.11. The van der Waals surface area contributed by atoms with Crippen LogP contribution in [0.4, 0.5) is 4.39 Å². The zero-order valence-corrected chi connectivity index (χ0v) is 7.72. The van der Waals surface area contributed by atoms with Crippen LogP contribution in [0.3, 0.4) is 0 Å². The molecular formula is C9H7FN4O. The average molecular weight is 206 g/mol. The quantitative estimate of drug-likeness (QED) is 0.328. The van der Waals surface area contributed by atoms with Gasteiger partial charge in [-0.2, -0.15) is 5.26 Å². The van der Waals surface area contributed by atoms with E-state index in [2.05, 4.69) is 10.0 Å². The maximum atomic E-state index is 13.0. The highest BCUT2D eigenvalue weighted by atomic mass is 19.1. The van der Waals surface area contributed by atoms with Gasteiger partial charge in [0.2, 0.25) is 0 Å². The zero-order valence-electron chi connectivity index (χ0n) is 7.72. The molecule has 0 amide bonds. The molecule has 0 unspecified atom stereocenters. The van der Waals surface area contributed by atoms with Gasteiger partial charge in [0.15, 0.2) is 0 Å². The van der Waals surface area contributed by atoms with E-state index in [1.165, 1.54) is 12.1 Å². The van der Waals surface area contributed by atoms with Crippen LogP contribution in [0.1, 0.15) is 5.56 Å². The van der Waals surface area contributed by atoms with E-state index in [0.717, 1.165) is 6.07 Å². The fourth-order valence-corrected chi connectivity index (χ4v) is 0.925. The van der Waals surface area contributed by atoms with Crippen LogP contribution in [0.2, 0.25) is 0 Å². The van der Waals surface area contributed by atoms with Crippen molar-refractivity contribution in [1.82, 2.24) is 0 Å². The van der Waals surface area contributed by atoms with Crippen LogP contribution in [0.5, 0.6) is 5.75 Å². The van der Waals surface area contributed by atoms with Crippen molar-refractivity contribution in [3.8, 4) is 11.8 Å². The molecule has 0 saturated heterocycles. The van der Waals surface area contributed by atoms with E-state index in [0.29, 0.717) is 5.75 Å². The Morgan fingerprint density at radius 1 is 1.60 bits per heavy atom. The van der Waals surface area contributed by atoms with E-state index in [4.69, 9.17) is 15.5 Å². The Kier molecular flexibility index (Phi) is 3.95. The Morgan fingerprint density at radius 2 is 2.40 bits per heavy atom. The van der Waals surface area contributed by atoms with Crippen molar-refractivity contribution in [3.05, 3.63) is 40.0 Å². The highest BCUT2D eigenvalue weighted by Crippen LogP contribution is 2.15. The third-order valence-electron chi connectivity index (χ3n) is 1.58. The number of ether oxygens (including phenoxy) is 1. The Morgan fingerprint density at radius 3 is 3.00 bits per heavy atom. The molecule has 5 nitrogen and oxygen atoms in total. The third kappa shape index (κ3) is 3.18. The SMILES string of the molecule is N#Cc1ccc(OCCN=[N+]=[N-])cc1F. The average Bonchev–Trinajstić information content (AvgIpc) is 2.25. The monoisotopic (exact) mass is 206 g/mol. The molecule has 0 aliphatic heterocycles. The Bertz CT molecular complexity index is 434. The second-order valence-electron chi connectivity index (χ2n) is 2.56. The molecule has 0 aliphatic rings. The van der Waals surface area contributed by atoms with Gasteiger partial charge >= 0.3 is 0 Å². The molecule has 0 aliphatic carbocycles. The predicted molar refractivity (Wildman–Crippen MR) is 50.6 cm³/mol. The maximum absolute atomic E-state index is 13.0. The number of hydrogen-bond donors (Lipinski definition) is 0. The minimum absolute atomic E-state index is 0.0302. The normalized spacial score (nSPS) is 8.80. The molecule has 0 fully saturated rings. The summed E-state index contributed by atoms with van der Waals surface area (Å²) in [5.41, 5.74) is 7.95. The Labute approximate surface area is 85.3 Å². The number of hydrogen-bond acceptors (Lipinski definition) is 3. The summed E-state index contributed by atoms with van der Waals surface area (Å²) in [6.45, 7) is 0.355. The van der Waals surface area contributed by atoms with Crippen LogP contribution in [-0.2, 0) is 0 Å². The van der Waals surface area contributed by atoms with Crippen molar-refractivity contribution in [1.29, 1.82) is 5.26 Å². The lowest BCUT2D eigenvalue weighted by Gasteiger charge is -2.03. The predicted octanol–water partition coefficient (Wildman–Crippen LogP) is 2.39. The second-order valence-corrected chi connectivity index (χ2v) is 2.56. The highest BCUT2D eigenvalue weighted by Gasteiger charge is 2.02. The number of benzene rings is 1. The maximum Gasteiger partial charge on any atom is 0.144 e. The van der Waals surface area contributed by atoms with Gasteiger partial charge in [0.1, 0.15) is 17.6 Å². The number of halogens is 1. The van der Waals surface area contributed by atoms with E-state index in [9.17, 15) is 4.39 Å². The first-order chi connectivity index (χ1) is 7.27. The lowest BCUT2D eigenvalue weighted by molar-refractivity contribution is 0.326. The molecule has 1 aromatic rings. The van der Waals surface area contributed by atoms with Gasteiger partial charge in [0, 0.05) is 11.0 Å². The number of rotatable bonds is 4. The molecule has 0 N–H and O–H groups in total. The summed E-state index contributed by atoms with van der Waals surface area (Å²) in [6, 6.07) is 5.64. The largest absolute Gasteiger partial charge is 0.493 e. The van der Waals surface area contributed by atoms with E-state index >= 15 is 0 Å². The van der Waals surface area contributed by atoms with Crippen LogP contribution >= 0.6 is 0 Å². The van der Waals surface area contributed by atoms with Gasteiger partial charge in [0.05, 0.1) is 18.7 Å². The van der Waals surface area contributed by atoms with Gasteiger partial charge in [-0.25, -0.2) is 4.39 Å². The van der Waals surface area contributed by atoms with Crippen LogP contribution in [0.15, 0.2) is 23.3 Å². The standard InChI is InChI=1S/C9H7FN4O/c10-9-5-8(2-1-7(9)6-11)15-4-3-13-14-12/h1-2,5H,3-4H2. The summed E-state index contributed by atoms with van der Waals surface area (Å²) in [5.74, 6) is -0.321. The van der Waals surface area contributed by atoms with Crippen LogP contribution in [-0.4, -0.2) is 13.2 Å². The Hall–Kier alpha value is -2.25. The topological polar surface area (TPSA) is 81.8 Å². The van der Waals surface area contributed by atoms with Crippen LogP contribution < -0.4 is 4.74 Å². The lowest BCUT2D eigenvalue weighted by atomic mass is 10.2. The van der Waals surface area contributed by atoms with Crippen molar-refractivity contribution in [2.24, 2.45) is 5.11 Å². The fraction of sp³-hybridized carbons (Fsp3) is 0.222. The fourth-order valence-electron chi connectivity index (χ4n) is 0.925. The summed E-state index contributed by atoms with van der Waals surface area (Å²) in [4.78, 5) is 2.54. The molecule has 0 spiro atoms. The van der Waals surface area contributed by atoms with E-state index in [-0.39, 0.29) is 18.7 Å². The molecule has 0 bridgehead atoms. The molecule has 0 atom stereocenters. The van der Waals surface area contributed by atoms with E-state index in [1.807, 2.05) is 0 Å². The van der Waals surface area contributed by atoms with E-state index < -0.39 is 5.82 Å². The molecule has 76 valence electrons. The van der Waals surface area contributed by atoms with Gasteiger partial charge in [-0.3, -0.25) is 0 Å². The van der Waals surface area contributed by atoms with Crippen LogP contribution in [0.25, 0.3) is 10.4 Å². The zero-order chi connectivity index (χ0) is 11.1. The number of nitriles is 1. The molecule has 1 aromatic carbocycles. The first-order valence-corrected chi connectivity index (χ1v) is 4.11. The van der Waals surface area contributed by atoms with Crippen molar-refractivity contribution in [3.63, 3.8) is 0 Å². The summed E-state index contributed by atoms with van der Waals surface area (Å²) in [6.07, 6.45) is 0. The second kappa shape index (κ2) is 5.47. The van der Waals surface area contributed by atoms with Crippen molar-refractivity contribution in [2.75, 3.05) is 13.2 Å². The van der Waals surface area contributed by atoms with Gasteiger partial charge in [-0.1, -0.05) is 5.11 Å². The lowest BCUT2D eigenvalue weighted by Crippen LogP contribution is -2.00. The molecule has 1 rings (SSSR count). The number of azide groups is 1. The minimum atomic E-state index is -0.626. The van der Waals surface area contributed by atoms with Crippen molar-refractivity contribution < 1.29 is 9.13 Å². The number of nitrogens with zero attached hydrogens (tertiary/aromatic N) is 4. The summed E-state index contributed by atoms with van der Waals surface area (Å²) >= 11 is 0. The van der Waals surface area contributed by atoms with Gasteiger partial charge < -0.3 is 4.74 Å². The molecule has 0 saturated carbocycles. The molecule has 15 heavy (non-hydrogen) atoms. The van der Waals surface area contributed by atoms with Gasteiger partial charge in [-0.15, -0.1) is 0 Å². The molecule has 0 aromatic heterocycles. The molecular weight excluding hydrogens is 199 g/mol. The summed E-state index contributed by atoms with van der Waals surface area (Å²) in [7, 11) is 0. The minimum Gasteiger partial charge on any atom is -0.493 e. The van der Waals surface area contributed by atoms with Gasteiger partial charge in [0.25, 0.3) is 0 Å². The summed E-state index contributed by atoms with van der Waals surface area (Å²) in [5, 5.41) is 11.7. The molecule has 0 heterocycles. The van der Waals surface area contributed by atoms with Gasteiger partial charge in [-0.05, 0) is 17.7 Å². The third-order valence-corrected chi connectivity index (χ3v) is 1.58. The first kappa shape index (κ1) is 10.8. The van der Waals surface area contributed by atoms with Crippen molar-refractivity contribution >= 4 is 0 Å². The molecule has 0 radical (unpaired) electrons. The summed E-state index contributed by atoms with van der Waals surface area (Å²) < 4.78 is 18.1. The van der Waals surface area contributed by atoms with Crippen LogP contribution in [0, 0.1) is 17.1 Å². The van der Waals surface area contributed by atoms with E-state index in [1.54, 1.807) is 6.07 Å². The van der Waals surface area contributed by atoms with Crippen molar-refractivity contribution in [2.45, 2.75) is 0 Å².